The average Bonchev–Trinajstić information content (AvgIpc) is 2.34. The fraction of sp³-hybridized carbons (Fsp3) is 0.0833. The largest absolute Gasteiger partial charge is 0.478 e. The molecule has 0 atom stereocenters. The Morgan fingerprint density at radius 3 is 2.89 bits per heavy atom. The number of ether oxygens (including phenoxy) is 1. The Morgan fingerprint density at radius 2 is 2.22 bits per heavy atom. The second kappa shape index (κ2) is 5.01. The van der Waals surface area contributed by atoms with Crippen LogP contribution in [0.3, 0.4) is 0 Å². The first kappa shape index (κ1) is 12.3. The van der Waals surface area contributed by atoms with Crippen LogP contribution in [0.25, 0.3) is 0 Å². The summed E-state index contributed by atoms with van der Waals surface area (Å²) in [6.45, 7) is 1.80. The van der Waals surface area contributed by atoms with Gasteiger partial charge in [-0.1, -0.05) is 23.2 Å². The van der Waals surface area contributed by atoms with Gasteiger partial charge in [-0.25, -0.2) is 14.8 Å². The number of carboxylic acids is 1. The summed E-state index contributed by atoms with van der Waals surface area (Å²) in [4.78, 5) is 18.7. The molecule has 5 nitrogen and oxygen atoms in total. The first-order valence-electron chi connectivity index (χ1n) is 5.05. The van der Waals surface area contributed by atoms with Gasteiger partial charge in [0.25, 0.3) is 0 Å². The van der Waals surface area contributed by atoms with Crippen LogP contribution in [0.15, 0.2) is 30.7 Å². The van der Waals surface area contributed by atoms with Gasteiger partial charge in [-0.05, 0) is 19.1 Å². The summed E-state index contributed by atoms with van der Waals surface area (Å²) in [5.74, 6) is -0.759. The molecule has 0 aliphatic carbocycles. The van der Waals surface area contributed by atoms with Gasteiger partial charge in [0.15, 0.2) is 0 Å². The number of hydrogen-bond acceptors (Lipinski definition) is 4. The lowest BCUT2D eigenvalue weighted by Crippen LogP contribution is -2.01. The number of carbonyl (C=O) groups is 1. The molecule has 92 valence electrons. The quantitative estimate of drug-likeness (QED) is 0.923. The number of rotatable bonds is 3. The molecule has 1 aromatic carbocycles. The van der Waals surface area contributed by atoms with E-state index in [0.717, 1.165) is 5.56 Å². The number of aryl methyl sites for hydroxylation is 1. The fourth-order valence-electron chi connectivity index (χ4n) is 1.38. The smallest absolute Gasteiger partial charge is 0.339 e. The summed E-state index contributed by atoms with van der Waals surface area (Å²) in [5.41, 5.74) is 0.887. The van der Waals surface area contributed by atoms with Crippen LogP contribution in [-0.4, -0.2) is 21.0 Å². The number of carboxylic acid groups (broad SMARTS) is 1. The van der Waals surface area contributed by atoms with Gasteiger partial charge < -0.3 is 9.84 Å². The van der Waals surface area contributed by atoms with Gasteiger partial charge >= 0.3 is 5.97 Å². The molecule has 0 spiro atoms. The van der Waals surface area contributed by atoms with Crippen molar-refractivity contribution in [2.24, 2.45) is 0 Å². The number of benzene rings is 1. The SMILES string of the molecule is Cc1ccc(Oc2ncncc2Cl)c(C(=O)O)c1. The highest BCUT2D eigenvalue weighted by atomic mass is 35.5. The van der Waals surface area contributed by atoms with E-state index in [0.29, 0.717) is 0 Å². The van der Waals surface area contributed by atoms with E-state index in [4.69, 9.17) is 21.4 Å². The third kappa shape index (κ3) is 2.57. The standard InChI is InChI=1S/C12H9ClN2O3/c1-7-2-3-10(8(4-7)12(16)17)18-11-9(13)5-14-6-15-11/h2-6H,1H3,(H,16,17). The molecular formula is C12H9ClN2O3. The van der Waals surface area contributed by atoms with Gasteiger partial charge in [-0.15, -0.1) is 0 Å². The second-order valence-electron chi connectivity index (χ2n) is 3.58. The van der Waals surface area contributed by atoms with Gasteiger partial charge in [-0.2, -0.15) is 0 Å². The number of aromatic carboxylic acids is 1. The molecule has 0 saturated carbocycles. The molecule has 0 aliphatic heterocycles. The van der Waals surface area contributed by atoms with E-state index in [1.165, 1.54) is 18.6 Å². The monoisotopic (exact) mass is 264 g/mol. The van der Waals surface area contributed by atoms with Crippen LogP contribution in [-0.2, 0) is 0 Å². The summed E-state index contributed by atoms with van der Waals surface area (Å²) in [5, 5.41) is 9.31. The summed E-state index contributed by atoms with van der Waals surface area (Å²) in [7, 11) is 0. The zero-order valence-corrected chi connectivity index (χ0v) is 10.2. The van der Waals surface area contributed by atoms with Gasteiger partial charge in [-0.3, -0.25) is 0 Å². The molecule has 0 amide bonds. The van der Waals surface area contributed by atoms with E-state index in [-0.39, 0.29) is 22.2 Å². The molecule has 0 bridgehead atoms. The molecule has 1 aromatic heterocycles. The summed E-state index contributed by atoms with van der Waals surface area (Å²) >= 11 is 5.84. The summed E-state index contributed by atoms with van der Waals surface area (Å²) in [6.07, 6.45) is 2.65. The molecule has 0 radical (unpaired) electrons. The third-order valence-electron chi connectivity index (χ3n) is 2.21. The molecule has 0 aliphatic rings. The maximum atomic E-state index is 11.1. The first-order valence-corrected chi connectivity index (χ1v) is 5.43. The van der Waals surface area contributed by atoms with Crippen molar-refractivity contribution in [2.45, 2.75) is 6.92 Å². The Hall–Kier alpha value is -2.14. The van der Waals surface area contributed by atoms with Crippen molar-refractivity contribution in [1.29, 1.82) is 0 Å². The minimum absolute atomic E-state index is 0.0599. The topological polar surface area (TPSA) is 72.3 Å². The van der Waals surface area contributed by atoms with E-state index in [9.17, 15) is 4.79 Å². The van der Waals surface area contributed by atoms with E-state index in [1.54, 1.807) is 19.1 Å². The first-order chi connectivity index (χ1) is 8.58. The highest BCUT2D eigenvalue weighted by Crippen LogP contribution is 2.29. The second-order valence-corrected chi connectivity index (χ2v) is 3.99. The highest BCUT2D eigenvalue weighted by molar-refractivity contribution is 6.31. The van der Waals surface area contributed by atoms with Crippen LogP contribution in [0.2, 0.25) is 5.02 Å². The number of nitrogens with zero attached hydrogens (tertiary/aromatic N) is 2. The zero-order valence-electron chi connectivity index (χ0n) is 9.42. The molecular weight excluding hydrogens is 256 g/mol. The molecule has 2 rings (SSSR count). The molecule has 0 saturated heterocycles. The van der Waals surface area contributed by atoms with E-state index >= 15 is 0 Å². The Bertz CT molecular complexity index is 602. The minimum atomic E-state index is -1.07. The molecule has 6 heteroatoms. The van der Waals surface area contributed by atoms with Crippen molar-refractivity contribution in [2.75, 3.05) is 0 Å². The zero-order chi connectivity index (χ0) is 13.1. The predicted molar refractivity (Wildman–Crippen MR) is 65.3 cm³/mol. The number of aromatic nitrogens is 2. The van der Waals surface area contributed by atoms with Crippen LogP contribution in [0.4, 0.5) is 0 Å². The minimum Gasteiger partial charge on any atom is -0.478 e. The molecule has 18 heavy (non-hydrogen) atoms. The van der Waals surface area contributed by atoms with Crippen molar-refractivity contribution in [3.63, 3.8) is 0 Å². The maximum absolute atomic E-state index is 11.1. The van der Waals surface area contributed by atoms with Crippen molar-refractivity contribution in [1.82, 2.24) is 9.97 Å². The lowest BCUT2D eigenvalue weighted by molar-refractivity contribution is 0.0694. The Kier molecular flexibility index (Phi) is 3.43. The fourth-order valence-corrected chi connectivity index (χ4v) is 1.52. The van der Waals surface area contributed by atoms with Gasteiger partial charge in [0.2, 0.25) is 5.88 Å². The van der Waals surface area contributed by atoms with Gasteiger partial charge in [0.05, 0.1) is 6.20 Å². The predicted octanol–water partition coefficient (Wildman–Crippen LogP) is 2.93. The van der Waals surface area contributed by atoms with Crippen molar-refractivity contribution in [3.05, 3.63) is 46.9 Å². The summed E-state index contributed by atoms with van der Waals surface area (Å²) < 4.78 is 5.39. The third-order valence-corrected chi connectivity index (χ3v) is 2.47. The molecule has 1 N–H and O–H groups in total. The van der Waals surface area contributed by atoms with E-state index < -0.39 is 5.97 Å². The molecule has 2 aromatic rings. The maximum Gasteiger partial charge on any atom is 0.339 e. The highest BCUT2D eigenvalue weighted by Gasteiger charge is 2.14. The van der Waals surface area contributed by atoms with Crippen LogP contribution >= 0.6 is 11.6 Å². The Morgan fingerprint density at radius 1 is 1.44 bits per heavy atom. The van der Waals surface area contributed by atoms with Crippen LogP contribution < -0.4 is 4.74 Å². The Labute approximate surface area is 108 Å². The van der Waals surface area contributed by atoms with Gasteiger partial charge in [0.1, 0.15) is 22.7 Å². The molecule has 0 unspecified atom stereocenters. The number of halogens is 1. The molecule has 1 heterocycles. The van der Waals surface area contributed by atoms with E-state index in [2.05, 4.69) is 9.97 Å². The average molecular weight is 265 g/mol. The van der Waals surface area contributed by atoms with Crippen LogP contribution in [0.5, 0.6) is 11.6 Å². The lowest BCUT2D eigenvalue weighted by atomic mass is 10.1. The normalized spacial score (nSPS) is 10.1. The van der Waals surface area contributed by atoms with Crippen molar-refractivity contribution < 1.29 is 14.6 Å². The summed E-state index contributed by atoms with van der Waals surface area (Å²) in [6, 6.07) is 4.83. The Balaban J connectivity index is 2.41. The van der Waals surface area contributed by atoms with E-state index in [1.807, 2.05) is 0 Å². The van der Waals surface area contributed by atoms with Gasteiger partial charge in [0, 0.05) is 0 Å². The van der Waals surface area contributed by atoms with Crippen LogP contribution in [0.1, 0.15) is 15.9 Å². The van der Waals surface area contributed by atoms with Crippen LogP contribution in [0, 0.1) is 6.92 Å². The number of hydrogen-bond donors (Lipinski definition) is 1. The molecule has 0 fully saturated rings. The van der Waals surface area contributed by atoms with Crippen molar-refractivity contribution in [3.8, 4) is 11.6 Å². The lowest BCUT2D eigenvalue weighted by Gasteiger charge is -2.09. The van der Waals surface area contributed by atoms with Crippen molar-refractivity contribution >= 4 is 17.6 Å².